The summed E-state index contributed by atoms with van der Waals surface area (Å²) in [6, 6.07) is 13.3. The Kier molecular flexibility index (Phi) is 6.08. The van der Waals surface area contributed by atoms with E-state index in [2.05, 4.69) is 10.4 Å². The molecule has 0 aliphatic carbocycles. The Bertz CT molecular complexity index is 1510. The zero-order valence-electron chi connectivity index (χ0n) is 17.9. The van der Waals surface area contributed by atoms with Crippen molar-refractivity contribution < 1.29 is 32.7 Å². The molecule has 0 unspecified atom stereocenters. The lowest BCUT2D eigenvalue weighted by atomic mass is 10.0. The molecular weight excluding hydrogens is 487 g/mol. The Labute approximate surface area is 200 Å². The van der Waals surface area contributed by atoms with Gasteiger partial charge in [0, 0.05) is 17.9 Å². The number of aromatic nitrogens is 2. The highest BCUT2D eigenvalue weighted by molar-refractivity contribution is 6.34. The summed E-state index contributed by atoms with van der Waals surface area (Å²) in [4.78, 5) is 36.5. The van der Waals surface area contributed by atoms with Gasteiger partial charge in [-0.1, -0.05) is 35.9 Å². The molecule has 7 nitrogen and oxygen atoms in total. The van der Waals surface area contributed by atoms with Crippen LogP contribution in [0.3, 0.4) is 0 Å². The normalized spacial score (nSPS) is 11.5. The Hall–Kier alpha value is -4.18. The summed E-state index contributed by atoms with van der Waals surface area (Å²) in [6.45, 7) is 1.23. The maximum absolute atomic E-state index is 13.6. The summed E-state index contributed by atoms with van der Waals surface area (Å²) in [5.41, 5.74) is -1.36. The molecule has 0 bridgehead atoms. The number of carboxylic acids is 1. The Balaban J connectivity index is 1.97. The fourth-order valence-electron chi connectivity index (χ4n) is 3.68. The van der Waals surface area contributed by atoms with Gasteiger partial charge in [0.05, 0.1) is 32.9 Å². The van der Waals surface area contributed by atoms with Gasteiger partial charge in [0.1, 0.15) is 5.69 Å². The molecular formula is C24H15ClF3N3O4. The average Bonchev–Trinajstić information content (AvgIpc) is 3.17. The number of fused-ring (bicyclic) bond motifs is 1. The number of carboxylic acid groups (broad SMARTS) is 1. The molecule has 0 radical (unpaired) electrons. The van der Waals surface area contributed by atoms with E-state index in [0.29, 0.717) is 5.39 Å². The number of benzene rings is 3. The van der Waals surface area contributed by atoms with Gasteiger partial charge in [-0.3, -0.25) is 9.59 Å². The zero-order valence-corrected chi connectivity index (χ0v) is 18.6. The fourth-order valence-corrected chi connectivity index (χ4v) is 3.94. The number of nitrogens with zero attached hydrogens (tertiary/aromatic N) is 2. The van der Waals surface area contributed by atoms with Crippen LogP contribution in [0.25, 0.3) is 22.2 Å². The van der Waals surface area contributed by atoms with Gasteiger partial charge in [-0.2, -0.15) is 23.0 Å². The van der Waals surface area contributed by atoms with Crippen LogP contribution in [0.4, 0.5) is 18.9 Å². The first-order chi connectivity index (χ1) is 16.5. The van der Waals surface area contributed by atoms with Gasteiger partial charge in [-0.25, -0.2) is 4.79 Å². The standard InChI is InChI=1S/C24H15ClF3N3O4/c1-12(32)29-18-11-13(23(34)35)9-10-14(18)21-15-5-2-3-8-19(15)31(30-21)22(33)20-16(24(26,27)28)6-4-7-17(20)25/h2-11H,1H3,(H,29,32)(H,34,35). The minimum Gasteiger partial charge on any atom is -0.478 e. The number of carbonyl (C=O) groups is 3. The maximum Gasteiger partial charge on any atom is 0.417 e. The number of rotatable bonds is 4. The molecule has 0 spiro atoms. The highest BCUT2D eigenvalue weighted by Gasteiger charge is 2.37. The summed E-state index contributed by atoms with van der Waals surface area (Å²) in [5.74, 6) is -2.82. The van der Waals surface area contributed by atoms with E-state index in [0.717, 1.165) is 16.8 Å². The minimum absolute atomic E-state index is 0.106. The molecule has 178 valence electrons. The van der Waals surface area contributed by atoms with Gasteiger partial charge in [0.15, 0.2) is 0 Å². The molecule has 2 N–H and O–H groups in total. The largest absolute Gasteiger partial charge is 0.478 e. The first-order valence-corrected chi connectivity index (χ1v) is 10.4. The number of anilines is 1. The molecule has 0 fully saturated rings. The predicted molar refractivity (Wildman–Crippen MR) is 123 cm³/mol. The van der Waals surface area contributed by atoms with Crippen molar-refractivity contribution in [1.29, 1.82) is 0 Å². The Morgan fingerprint density at radius 2 is 1.74 bits per heavy atom. The second kappa shape index (κ2) is 8.88. The van der Waals surface area contributed by atoms with Crippen molar-refractivity contribution >= 4 is 46.0 Å². The molecule has 0 aliphatic heterocycles. The number of nitrogens with one attached hydrogen (secondary N) is 1. The van der Waals surface area contributed by atoms with Crippen molar-refractivity contribution in [2.24, 2.45) is 0 Å². The fraction of sp³-hybridized carbons (Fsp3) is 0.0833. The van der Waals surface area contributed by atoms with E-state index >= 15 is 0 Å². The SMILES string of the molecule is CC(=O)Nc1cc(C(=O)O)ccc1-c1nn(C(=O)c2c(Cl)cccc2C(F)(F)F)c2ccccc12. The summed E-state index contributed by atoms with van der Waals surface area (Å²) in [6.07, 6.45) is -4.84. The van der Waals surface area contributed by atoms with E-state index < -0.39 is 40.1 Å². The molecule has 35 heavy (non-hydrogen) atoms. The second-order valence-electron chi connectivity index (χ2n) is 7.49. The van der Waals surface area contributed by atoms with E-state index in [1.54, 1.807) is 18.2 Å². The van der Waals surface area contributed by atoms with Crippen molar-refractivity contribution in [2.75, 3.05) is 5.32 Å². The number of alkyl halides is 3. The van der Waals surface area contributed by atoms with Crippen molar-refractivity contribution in [2.45, 2.75) is 13.1 Å². The van der Waals surface area contributed by atoms with Crippen LogP contribution >= 0.6 is 11.6 Å². The summed E-state index contributed by atoms with van der Waals surface area (Å²) < 4.78 is 41.7. The monoisotopic (exact) mass is 501 g/mol. The molecule has 0 saturated heterocycles. The van der Waals surface area contributed by atoms with Crippen LogP contribution in [0, 0.1) is 0 Å². The van der Waals surface area contributed by atoms with Crippen LogP contribution in [0.1, 0.15) is 33.2 Å². The van der Waals surface area contributed by atoms with Crippen molar-refractivity contribution in [3.05, 3.63) is 82.4 Å². The predicted octanol–water partition coefficient (Wildman–Crippen LogP) is 5.72. The quantitative estimate of drug-likeness (QED) is 0.372. The van der Waals surface area contributed by atoms with Crippen LogP contribution in [-0.2, 0) is 11.0 Å². The third-order valence-electron chi connectivity index (χ3n) is 5.14. The Morgan fingerprint density at radius 1 is 1.03 bits per heavy atom. The Morgan fingerprint density at radius 3 is 2.40 bits per heavy atom. The number of amides is 1. The van der Waals surface area contributed by atoms with E-state index in [4.69, 9.17) is 11.6 Å². The first kappa shape index (κ1) is 24.0. The van der Waals surface area contributed by atoms with Gasteiger partial charge >= 0.3 is 12.1 Å². The molecule has 0 aliphatic rings. The lowest BCUT2D eigenvalue weighted by Gasteiger charge is -2.13. The summed E-state index contributed by atoms with van der Waals surface area (Å²) in [7, 11) is 0. The lowest BCUT2D eigenvalue weighted by Crippen LogP contribution is -2.20. The first-order valence-electron chi connectivity index (χ1n) is 10.0. The molecule has 11 heteroatoms. The highest BCUT2D eigenvalue weighted by Crippen LogP contribution is 2.38. The maximum atomic E-state index is 13.6. The van der Waals surface area contributed by atoms with Gasteiger partial charge in [0.2, 0.25) is 5.91 Å². The lowest BCUT2D eigenvalue weighted by molar-refractivity contribution is -0.138. The molecule has 1 heterocycles. The van der Waals surface area contributed by atoms with Crippen molar-refractivity contribution in [3.63, 3.8) is 0 Å². The third kappa shape index (κ3) is 4.47. The van der Waals surface area contributed by atoms with Crippen LogP contribution in [-0.4, -0.2) is 32.7 Å². The average molecular weight is 502 g/mol. The molecule has 4 aromatic rings. The topological polar surface area (TPSA) is 101 Å². The number of hydrogen-bond donors (Lipinski definition) is 2. The number of halogens is 4. The number of carbonyl (C=O) groups excluding carboxylic acids is 2. The summed E-state index contributed by atoms with van der Waals surface area (Å²) >= 11 is 6.02. The molecule has 3 aromatic carbocycles. The van der Waals surface area contributed by atoms with Crippen LogP contribution in [0.15, 0.2) is 60.7 Å². The van der Waals surface area contributed by atoms with E-state index in [1.807, 2.05) is 0 Å². The molecule has 1 aromatic heterocycles. The van der Waals surface area contributed by atoms with E-state index in [-0.39, 0.29) is 28.0 Å². The van der Waals surface area contributed by atoms with Gasteiger partial charge in [-0.15, -0.1) is 0 Å². The molecule has 4 rings (SSSR count). The van der Waals surface area contributed by atoms with Crippen molar-refractivity contribution in [1.82, 2.24) is 9.78 Å². The number of aromatic carboxylic acids is 1. The smallest absolute Gasteiger partial charge is 0.417 e. The molecule has 0 saturated carbocycles. The summed E-state index contributed by atoms with van der Waals surface area (Å²) in [5, 5.41) is 16.1. The zero-order chi connectivity index (χ0) is 25.5. The third-order valence-corrected chi connectivity index (χ3v) is 5.46. The van der Waals surface area contributed by atoms with Crippen LogP contribution in [0.5, 0.6) is 0 Å². The molecule has 1 amide bonds. The van der Waals surface area contributed by atoms with Gasteiger partial charge in [-0.05, 0) is 36.4 Å². The minimum atomic E-state index is -4.84. The number of hydrogen-bond acceptors (Lipinski definition) is 4. The van der Waals surface area contributed by atoms with E-state index in [9.17, 15) is 32.7 Å². The van der Waals surface area contributed by atoms with Gasteiger partial charge < -0.3 is 10.4 Å². The molecule has 0 atom stereocenters. The van der Waals surface area contributed by atoms with Crippen LogP contribution in [0.2, 0.25) is 5.02 Å². The van der Waals surface area contributed by atoms with Crippen molar-refractivity contribution in [3.8, 4) is 11.3 Å². The number of para-hydroxylation sites is 1. The highest BCUT2D eigenvalue weighted by atomic mass is 35.5. The van der Waals surface area contributed by atoms with Crippen LogP contribution < -0.4 is 5.32 Å². The van der Waals surface area contributed by atoms with E-state index in [1.165, 1.54) is 37.3 Å². The van der Waals surface area contributed by atoms with Gasteiger partial charge in [0.25, 0.3) is 5.91 Å². The second-order valence-corrected chi connectivity index (χ2v) is 7.90.